The molecule has 7 nitrogen and oxygen atoms in total. The molecule has 0 unspecified atom stereocenters. The molecule has 8 heteroatoms. The first-order valence-electron chi connectivity index (χ1n) is 10.1. The summed E-state index contributed by atoms with van der Waals surface area (Å²) >= 11 is 0. The monoisotopic (exact) mass is 427 g/mol. The van der Waals surface area contributed by atoms with Crippen LogP contribution in [0.15, 0.2) is 42.7 Å². The number of Topliss-reactive ketones (excluding diaryl/α,β-unsaturated/α-hetero) is 1. The number of ether oxygens (including phenoxy) is 1. The highest BCUT2D eigenvalue weighted by Gasteiger charge is 2.33. The summed E-state index contributed by atoms with van der Waals surface area (Å²) < 4.78 is 19.7. The Labute approximate surface area is 180 Å². The summed E-state index contributed by atoms with van der Waals surface area (Å²) in [6.45, 7) is 6.15. The van der Waals surface area contributed by atoms with E-state index in [0.717, 1.165) is 0 Å². The van der Waals surface area contributed by atoms with Crippen molar-refractivity contribution in [3.8, 4) is 0 Å². The molecule has 2 aromatic rings. The van der Waals surface area contributed by atoms with Crippen molar-refractivity contribution < 1.29 is 23.5 Å². The van der Waals surface area contributed by atoms with Gasteiger partial charge in [-0.15, -0.1) is 0 Å². The van der Waals surface area contributed by atoms with E-state index in [1.807, 2.05) is 4.90 Å². The second kappa shape index (κ2) is 9.24. The largest absolute Gasteiger partial charge is 0.455 e. The summed E-state index contributed by atoms with van der Waals surface area (Å²) in [5.74, 6) is -1.44. The van der Waals surface area contributed by atoms with Crippen LogP contribution < -0.4 is 4.90 Å². The lowest BCUT2D eigenvalue weighted by molar-refractivity contribution is -0.156. The predicted octanol–water partition coefficient (Wildman–Crippen LogP) is 2.59. The maximum atomic E-state index is 14.4. The van der Waals surface area contributed by atoms with Gasteiger partial charge in [0.15, 0.2) is 12.4 Å². The van der Waals surface area contributed by atoms with E-state index in [0.29, 0.717) is 43.0 Å². The van der Waals surface area contributed by atoms with Crippen molar-refractivity contribution in [1.82, 2.24) is 9.88 Å². The van der Waals surface area contributed by atoms with Gasteiger partial charge in [-0.1, -0.05) is 6.07 Å². The van der Waals surface area contributed by atoms with Gasteiger partial charge in [0.1, 0.15) is 5.82 Å². The van der Waals surface area contributed by atoms with Crippen molar-refractivity contribution >= 4 is 23.3 Å². The van der Waals surface area contributed by atoms with E-state index in [9.17, 15) is 18.8 Å². The number of nitrogens with zero attached hydrogens (tertiary/aromatic N) is 3. The van der Waals surface area contributed by atoms with Crippen LogP contribution in [0.2, 0.25) is 0 Å². The highest BCUT2D eigenvalue weighted by atomic mass is 19.1. The fourth-order valence-electron chi connectivity index (χ4n) is 3.43. The molecule has 0 atom stereocenters. The summed E-state index contributed by atoms with van der Waals surface area (Å²) in [5, 5.41) is 0. The van der Waals surface area contributed by atoms with E-state index < -0.39 is 17.2 Å². The van der Waals surface area contributed by atoms with Gasteiger partial charge >= 0.3 is 5.97 Å². The van der Waals surface area contributed by atoms with E-state index in [1.54, 1.807) is 55.4 Å². The number of hydrogen-bond donors (Lipinski definition) is 0. The fourth-order valence-corrected chi connectivity index (χ4v) is 3.43. The first kappa shape index (κ1) is 22.4. The topological polar surface area (TPSA) is 79.8 Å². The van der Waals surface area contributed by atoms with Crippen molar-refractivity contribution in [2.75, 3.05) is 37.7 Å². The highest BCUT2D eigenvalue weighted by Crippen LogP contribution is 2.24. The lowest BCUT2D eigenvalue weighted by Gasteiger charge is -2.36. The van der Waals surface area contributed by atoms with Crippen molar-refractivity contribution in [2.24, 2.45) is 0 Å². The molecule has 0 aliphatic carbocycles. The highest BCUT2D eigenvalue weighted by molar-refractivity contribution is 5.94. The van der Waals surface area contributed by atoms with Crippen LogP contribution in [-0.2, 0) is 19.7 Å². The molecule has 1 aromatic carbocycles. The zero-order valence-corrected chi connectivity index (χ0v) is 17.9. The van der Waals surface area contributed by atoms with Gasteiger partial charge in [0.2, 0.25) is 0 Å². The van der Waals surface area contributed by atoms with Gasteiger partial charge in [-0.3, -0.25) is 19.4 Å². The number of amides is 1. The third kappa shape index (κ3) is 5.07. The van der Waals surface area contributed by atoms with Crippen LogP contribution in [0.25, 0.3) is 0 Å². The zero-order chi connectivity index (χ0) is 22.6. The van der Waals surface area contributed by atoms with Crippen molar-refractivity contribution in [1.29, 1.82) is 0 Å². The summed E-state index contributed by atoms with van der Waals surface area (Å²) in [6, 6.07) is 7.95. The molecule has 0 saturated carbocycles. The molecule has 1 aromatic heterocycles. The van der Waals surface area contributed by atoms with Gasteiger partial charge in [-0.25, -0.2) is 4.39 Å². The Hall–Kier alpha value is -3.29. The molecular weight excluding hydrogens is 401 g/mol. The maximum Gasteiger partial charge on any atom is 0.316 e. The molecule has 1 amide bonds. The van der Waals surface area contributed by atoms with Crippen molar-refractivity contribution in [2.45, 2.75) is 26.2 Å². The third-order valence-corrected chi connectivity index (χ3v) is 5.55. The number of hydrogen-bond acceptors (Lipinski definition) is 6. The number of carbonyl (C=O) groups excluding carboxylic acids is 3. The number of pyridine rings is 1. The Morgan fingerprint density at radius 1 is 1.13 bits per heavy atom. The lowest BCUT2D eigenvalue weighted by Crippen LogP contribution is -2.50. The van der Waals surface area contributed by atoms with Crippen LogP contribution >= 0.6 is 0 Å². The molecule has 2 heterocycles. The smallest absolute Gasteiger partial charge is 0.316 e. The Morgan fingerprint density at radius 2 is 1.84 bits per heavy atom. The van der Waals surface area contributed by atoms with Crippen molar-refractivity contribution in [3.63, 3.8) is 0 Å². The average Bonchev–Trinajstić information content (AvgIpc) is 2.77. The van der Waals surface area contributed by atoms with Crippen LogP contribution in [0.3, 0.4) is 0 Å². The summed E-state index contributed by atoms with van der Waals surface area (Å²) in [6.07, 6.45) is 3.22. The molecule has 164 valence electrons. The van der Waals surface area contributed by atoms with E-state index in [-0.39, 0.29) is 18.3 Å². The molecule has 1 fully saturated rings. The Bertz CT molecular complexity index is 970. The molecule has 0 spiro atoms. The quantitative estimate of drug-likeness (QED) is 0.521. The zero-order valence-electron chi connectivity index (χ0n) is 17.9. The number of anilines is 1. The molecule has 0 bridgehead atoms. The SMILES string of the molecule is CC(=O)c1ccc(N2CCN(C(=O)COC(=O)C(C)(C)c3cccnc3)CC2)c(F)c1. The number of benzene rings is 1. The molecular formula is C23H26FN3O4. The van der Waals surface area contributed by atoms with E-state index in [1.165, 1.54) is 13.0 Å². The Kier molecular flexibility index (Phi) is 6.68. The lowest BCUT2D eigenvalue weighted by atomic mass is 9.86. The Morgan fingerprint density at radius 3 is 2.42 bits per heavy atom. The van der Waals surface area contributed by atoms with E-state index in [2.05, 4.69) is 4.98 Å². The van der Waals surface area contributed by atoms with Crippen molar-refractivity contribution in [3.05, 3.63) is 59.7 Å². The number of ketones is 1. The summed E-state index contributed by atoms with van der Waals surface area (Å²) in [4.78, 5) is 43.9. The van der Waals surface area contributed by atoms with Gasteiger partial charge in [0.25, 0.3) is 5.91 Å². The number of esters is 1. The minimum absolute atomic E-state index is 0.192. The number of aromatic nitrogens is 1. The molecule has 0 N–H and O–H groups in total. The molecule has 0 radical (unpaired) electrons. The summed E-state index contributed by atoms with van der Waals surface area (Å²) in [7, 11) is 0. The van der Waals surface area contributed by atoms with E-state index >= 15 is 0 Å². The fraction of sp³-hybridized carbons (Fsp3) is 0.391. The van der Waals surface area contributed by atoms with Gasteiger partial charge in [0.05, 0.1) is 11.1 Å². The van der Waals surface area contributed by atoms with Crippen LogP contribution in [0.4, 0.5) is 10.1 Å². The third-order valence-electron chi connectivity index (χ3n) is 5.55. The average molecular weight is 427 g/mol. The van der Waals surface area contributed by atoms with Crippen LogP contribution in [0.5, 0.6) is 0 Å². The molecule has 1 aliphatic rings. The minimum atomic E-state index is -0.920. The number of halogens is 1. The maximum absolute atomic E-state index is 14.4. The first-order chi connectivity index (χ1) is 14.7. The van der Waals surface area contributed by atoms with Crippen LogP contribution in [-0.4, -0.2) is 60.3 Å². The molecule has 1 aliphatic heterocycles. The first-order valence-corrected chi connectivity index (χ1v) is 10.1. The van der Waals surface area contributed by atoms with Crippen LogP contribution in [0, 0.1) is 5.82 Å². The molecule has 1 saturated heterocycles. The molecule has 31 heavy (non-hydrogen) atoms. The predicted molar refractivity (Wildman–Crippen MR) is 113 cm³/mol. The Balaban J connectivity index is 1.52. The number of carbonyl (C=O) groups is 3. The molecule has 3 rings (SSSR count). The second-order valence-electron chi connectivity index (χ2n) is 8.03. The second-order valence-corrected chi connectivity index (χ2v) is 8.03. The summed E-state index contributed by atoms with van der Waals surface area (Å²) in [5.41, 5.74) is 0.517. The van der Waals surface area contributed by atoms with E-state index in [4.69, 9.17) is 4.74 Å². The van der Waals surface area contributed by atoms with Gasteiger partial charge in [-0.2, -0.15) is 0 Å². The number of rotatable bonds is 6. The standard InChI is InChI=1S/C23H26FN3O4/c1-16(28)17-6-7-20(19(24)13-17)26-9-11-27(12-10-26)21(29)15-31-22(30)23(2,3)18-5-4-8-25-14-18/h4-8,13-14H,9-12,15H2,1-3H3. The minimum Gasteiger partial charge on any atom is -0.455 e. The van der Waals surface area contributed by atoms with Crippen LogP contribution in [0.1, 0.15) is 36.7 Å². The van der Waals surface area contributed by atoms with Gasteiger partial charge in [-0.05, 0) is 50.6 Å². The normalized spacial score (nSPS) is 14.3. The van der Waals surface area contributed by atoms with Gasteiger partial charge in [0, 0.05) is 44.1 Å². The van der Waals surface area contributed by atoms with Gasteiger partial charge < -0.3 is 14.5 Å². The number of piperazine rings is 1.